The highest BCUT2D eigenvalue weighted by atomic mass is 16.2. The van der Waals surface area contributed by atoms with Crippen LogP contribution in [0.4, 0.5) is 5.69 Å². The van der Waals surface area contributed by atoms with Gasteiger partial charge >= 0.3 is 0 Å². The summed E-state index contributed by atoms with van der Waals surface area (Å²) in [7, 11) is 0. The van der Waals surface area contributed by atoms with E-state index in [4.69, 9.17) is 5.26 Å². The Balaban J connectivity index is 2.04. The zero-order valence-electron chi connectivity index (χ0n) is 10.5. The van der Waals surface area contributed by atoms with Gasteiger partial charge in [0.25, 0.3) is 0 Å². The molecule has 4 heteroatoms. The lowest BCUT2D eigenvalue weighted by Gasteiger charge is -2.22. The number of amides is 1. The molecule has 1 aliphatic heterocycles. The summed E-state index contributed by atoms with van der Waals surface area (Å²) < 4.78 is 0. The van der Waals surface area contributed by atoms with E-state index in [0.29, 0.717) is 11.3 Å². The SMILES string of the molecule is CC(C(=O)Nc1ccccc1C#N)N1CCCC1. The molecule has 1 unspecified atom stereocenters. The number of hydrogen-bond acceptors (Lipinski definition) is 3. The summed E-state index contributed by atoms with van der Waals surface area (Å²) in [5.74, 6) is -0.0420. The van der Waals surface area contributed by atoms with Crippen molar-refractivity contribution in [2.24, 2.45) is 0 Å². The van der Waals surface area contributed by atoms with Crippen molar-refractivity contribution in [2.45, 2.75) is 25.8 Å². The van der Waals surface area contributed by atoms with Gasteiger partial charge in [0.1, 0.15) is 6.07 Å². The van der Waals surface area contributed by atoms with Gasteiger partial charge in [-0.25, -0.2) is 0 Å². The molecule has 2 rings (SSSR count). The van der Waals surface area contributed by atoms with Crippen LogP contribution in [0.3, 0.4) is 0 Å². The van der Waals surface area contributed by atoms with Gasteiger partial charge in [-0.2, -0.15) is 5.26 Å². The minimum Gasteiger partial charge on any atom is -0.324 e. The topological polar surface area (TPSA) is 56.1 Å². The van der Waals surface area contributed by atoms with Crippen molar-refractivity contribution in [1.29, 1.82) is 5.26 Å². The van der Waals surface area contributed by atoms with E-state index in [0.717, 1.165) is 25.9 Å². The van der Waals surface area contributed by atoms with Crippen molar-refractivity contribution < 1.29 is 4.79 Å². The zero-order valence-corrected chi connectivity index (χ0v) is 10.5. The lowest BCUT2D eigenvalue weighted by atomic mass is 10.2. The maximum atomic E-state index is 12.1. The molecule has 0 aromatic heterocycles. The Morgan fingerprint density at radius 3 is 2.72 bits per heavy atom. The van der Waals surface area contributed by atoms with Crippen molar-refractivity contribution in [3.63, 3.8) is 0 Å². The molecule has 0 aliphatic carbocycles. The lowest BCUT2D eigenvalue weighted by Crippen LogP contribution is -2.40. The van der Waals surface area contributed by atoms with Crippen LogP contribution in [0.5, 0.6) is 0 Å². The molecule has 1 saturated heterocycles. The predicted molar refractivity (Wildman–Crippen MR) is 70.1 cm³/mol. The number of benzene rings is 1. The maximum Gasteiger partial charge on any atom is 0.241 e. The molecule has 1 amide bonds. The van der Waals surface area contributed by atoms with Crippen LogP contribution in [-0.4, -0.2) is 29.9 Å². The van der Waals surface area contributed by atoms with Gasteiger partial charge in [-0.1, -0.05) is 12.1 Å². The maximum absolute atomic E-state index is 12.1. The highest BCUT2D eigenvalue weighted by Crippen LogP contribution is 2.16. The van der Waals surface area contributed by atoms with E-state index in [1.807, 2.05) is 13.0 Å². The molecule has 0 bridgehead atoms. The van der Waals surface area contributed by atoms with E-state index in [2.05, 4.69) is 16.3 Å². The van der Waals surface area contributed by atoms with Crippen LogP contribution in [0, 0.1) is 11.3 Å². The van der Waals surface area contributed by atoms with Crippen LogP contribution in [-0.2, 0) is 4.79 Å². The number of carbonyl (C=O) groups is 1. The second-order valence-corrected chi connectivity index (χ2v) is 4.57. The van der Waals surface area contributed by atoms with Crippen LogP contribution >= 0.6 is 0 Å². The molecule has 1 N–H and O–H groups in total. The third-order valence-corrected chi connectivity index (χ3v) is 3.37. The fourth-order valence-electron chi connectivity index (χ4n) is 2.22. The van der Waals surface area contributed by atoms with Gasteiger partial charge in [0.05, 0.1) is 17.3 Å². The molecule has 0 saturated carbocycles. The normalized spacial score (nSPS) is 17.1. The fourth-order valence-corrected chi connectivity index (χ4v) is 2.22. The van der Waals surface area contributed by atoms with E-state index in [-0.39, 0.29) is 11.9 Å². The molecule has 94 valence electrons. The summed E-state index contributed by atoms with van der Waals surface area (Å²) in [6, 6.07) is 9.01. The van der Waals surface area contributed by atoms with Crippen LogP contribution in [0.1, 0.15) is 25.3 Å². The van der Waals surface area contributed by atoms with E-state index in [9.17, 15) is 4.79 Å². The first-order chi connectivity index (χ1) is 8.72. The molecule has 1 aromatic rings. The van der Waals surface area contributed by atoms with Crippen molar-refractivity contribution in [3.8, 4) is 6.07 Å². The van der Waals surface area contributed by atoms with Crippen molar-refractivity contribution >= 4 is 11.6 Å². The van der Waals surface area contributed by atoms with E-state index < -0.39 is 0 Å². The number of hydrogen-bond donors (Lipinski definition) is 1. The smallest absolute Gasteiger partial charge is 0.241 e. The number of likely N-dealkylation sites (tertiary alicyclic amines) is 1. The number of nitriles is 1. The highest BCUT2D eigenvalue weighted by Gasteiger charge is 2.24. The first kappa shape index (κ1) is 12.6. The minimum atomic E-state index is -0.140. The molecular weight excluding hydrogens is 226 g/mol. The van der Waals surface area contributed by atoms with Crippen molar-refractivity contribution in [3.05, 3.63) is 29.8 Å². The van der Waals surface area contributed by atoms with Gasteiger partial charge in [-0.05, 0) is 45.0 Å². The molecule has 1 heterocycles. The number of para-hydroxylation sites is 1. The van der Waals surface area contributed by atoms with Gasteiger partial charge in [0.2, 0.25) is 5.91 Å². The van der Waals surface area contributed by atoms with Crippen molar-refractivity contribution in [2.75, 3.05) is 18.4 Å². The van der Waals surface area contributed by atoms with Gasteiger partial charge in [0, 0.05) is 0 Å². The van der Waals surface area contributed by atoms with E-state index in [1.54, 1.807) is 18.2 Å². The summed E-state index contributed by atoms with van der Waals surface area (Å²) >= 11 is 0. The van der Waals surface area contributed by atoms with Crippen LogP contribution in [0.15, 0.2) is 24.3 Å². The molecule has 18 heavy (non-hydrogen) atoms. The van der Waals surface area contributed by atoms with E-state index >= 15 is 0 Å². The monoisotopic (exact) mass is 243 g/mol. The second-order valence-electron chi connectivity index (χ2n) is 4.57. The van der Waals surface area contributed by atoms with Gasteiger partial charge in [0.15, 0.2) is 0 Å². The lowest BCUT2D eigenvalue weighted by molar-refractivity contribution is -0.120. The Labute approximate surface area is 107 Å². The van der Waals surface area contributed by atoms with Gasteiger partial charge in [-0.3, -0.25) is 9.69 Å². The molecule has 1 fully saturated rings. The standard InChI is InChI=1S/C14H17N3O/c1-11(17-8-4-5-9-17)14(18)16-13-7-3-2-6-12(13)10-15/h2-3,6-7,11H,4-5,8-9H2,1H3,(H,16,18). The average molecular weight is 243 g/mol. The third kappa shape index (κ3) is 2.69. The Bertz CT molecular complexity index is 472. The molecule has 0 spiro atoms. The summed E-state index contributed by atoms with van der Waals surface area (Å²) in [5, 5.41) is 11.8. The second kappa shape index (κ2) is 5.65. The van der Waals surface area contributed by atoms with Gasteiger partial charge < -0.3 is 5.32 Å². The molecular formula is C14H17N3O. The van der Waals surface area contributed by atoms with Crippen LogP contribution in [0.25, 0.3) is 0 Å². The van der Waals surface area contributed by atoms with Crippen LogP contribution < -0.4 is 5.32 Å². The first-order valence-corrected chi connectivity index (χ1v) is 6.26. The number of rotatable bonds is 3. The number of nitrogens with zero attached hydrogens (tertiary/aromatic N) is 2. The summed E-state index contributed by atoms with van der Waals surface area (Å²) in [6.07, 6.45) is 2.32. The fraction of sp³-hybridized carbons (Fsp3) is 0.429. The highest BCUT2D eigenvalue weighted by molar-refractivity contribution is 5.95. The van der Waals surface area contributed by atoms with E-state index in [1.165, 1.54) is 0 Å². The molecule has 0 radical (unpaired) electrons. The van der Waals surface area contributed by atoms with Crippen LogP contribution in [0.2, 0.25) is 0 Å². The number of carbonyl (C=O) groups excluding carboxylic acids is 1. The summed E-state index contributed by atoms with van der Waals surface area (Å²) in [6.45, 7) is 3.87. The summed E-state index contributed by atoms with van der Waals surface area (Å²) in [4.78, 5) is 14.3. The first-order valence-electron chi connectivity index (χ1n) is 6.26. The van der Waals surface area contributed by atoms with Gasteiger partial charge in [-0.15, -0.1) is 0 Å². The Hall–Kier alpha value is -1.86. The quantitative estimate of drug-likeness (QED) is 0.883. The zero-order chi connectivity index (χ0) is 13.0. The Morgan fingerprint density at radius 1 is 1.39 bits per heavy atom. The number of nitrogens with one attached hydrogen (secondary N) is 1. The predicted octanol–water partition coefficient (Wildman–Crippen LogP) is 1.98. The average Bonchev–Trinajstić information content (AvgIpc) is 2.92. The molecule has 1 aliphatic rings. The minimum absolute atomic E-state index is 0.0420. The van der Waals surface area contributed by atoms with Crippen molar-refractivity contribution in [1.82, 2.24) is 4.90 Å². The number of anilines is 1. The Morgan fingerprint density at radius 2 is 2.06 bits per heavy atom. The molecule has 4 nitrogen and oxygen atoms in total. The summed E-state index contributed by atoms with van der Waals surface area (Å²) in [5.41, 5.74) is 1.09. The molecule has 1 aromatic carbocycles. The largest absolute Gasteiger partial charge is 0.324 e. The molecule has 1 atom stereocenters. The Kier molecular flexibility index (Phi) is 3.96. The third-order valence-electron chi connectivity index (χ3n) is 3.37.